The van der Waals surface area contributed by atoms with Gasteiger partial charge in [0, 0.05) is 44.4 Å². The summed E-state index contributed by atoms with van der Waals surface area (Å²) >= 11 is 0. The summed E-state index contributed by atoms with van der Waals surface area (Å²) in [5.74, 6) is 0. The van der Waals surface area contributed by atoms with Crippen LogP contribution in [0.15, 0.2) is 127 Å². The Balaban J connectivity index is 1.51. The highest BCUT2D eigenvalue weighted by molar-refractivity contribution is 6.09. The zero-order valence-electron chi connectivity index (χ0n) is 21.0. The number of para-hydroxylation sites is 3. The maximum atomic E-state index is 2.46. The normalized spacial score (nSPS) is 11.8. The van der Waals surface area contributed by atoms with Crippen molar-refractivity contribution in [2.75, 3.05) is 4.90 Å². The minimum Gasteiger partial charge on any atom is -0.335 e. The first kappa shape index (κ1) is 22.2. The van der Waals surface area contributed by atoms with Gasteiger partial charge in [-0.1, -0.05) is 72.8 Å². The van der Waals surface area contributed by atoms with Crippen molar-refractivity contribution >= 4 is 38.9 Å². The molecule has 6 aromatic rings. The van der Waals surface area contributed by atoms with Crippen molar-refractivity contribution in [2.24, 2.45) is 0 Å². The number of nitrogens with zero attached hydrogens (tertiary/aromatic N) is 2. The molecule has 0 unspecified atom stereocenters. The Bertz CT molecular complexity index is 1620. The highest BCUT2D eigenvalue weighted by Gasteiger charge is 2.20. The minimum atomic E-state index is -0.00530. The van der Waals surface area contributed by atoms with Crippen molar-refractivity contribution in [3.63, 3.8) is 0 Å². The first-order chi connectivity index (χ1) is 17.5. The molecule has 0 aliphatic rings. The van der Waals surface area contributed by atoms with Crippen molar-refractivity contribution in [2.45, 2.75) is 26.3 Å². The van der Waals surface area contributed by atoms with E-state index < -0.39 is 0 Å². The highest BCUT2D eigenvalue weighted by atomic mass is 15.1. The van der Waals surface area contributed by atoms with E-state index in [-0.39, 0.29) is 5.54 Å². The predicted octanol–water partition coefficient (Wildman–Crippen LogP) is 9.69. The van der Waals surface area contributed by atoms with E-state index in [0.29, 0.717) is 0 Å². The summed E-state index contributed by atoms with van der Waals surface area (Å²) < 4.78 is 2.46. The Kier molecular flexibility index (Phi) is 5.38. The second kappa shape index (κ2) is 8.73. The number of hydrogen-bond donors (Lipinski definition) is 0. The van der Waals surface area contributed by atoms with Gasteiger partial charge in [0.05, 0.1) is 0 Å². The van der Waals surface area contributed by atoms with Crippen molar-refractivity contribution in [3.05, 3.63) is 127 Å². The summed E-state index contributed by atoms with van der Waals surface area (Å²) in [7, 11) is 0. The van der Waals surface area contributed by atoms with Gasteiger partial charge in [0.2, 0.25) is 0 Å². The Morgan fingerprint density at radius 2 is 1.03 bits per heavy atom. The Morgan fingerprint density at radius 1 is 0.472 bits per heavy atom. The molecule has 0 saturated carbocycles. The molecule has 0 atom stereocenters. The van der Waals surface area contributed by atoms with Crippen LogP contribution < -0.4 is 4.90 Å². The first-order valence-corrected chi connectivity index (χ1v) is 12.5. The third kappa shape index (κ3) is 3.85. The van der Waals surface area contributed by atoms with E-state index in [0.717, 1.165) is 17.1 Å². The number of rotatable bonds is 4. The van der Waals surface area contributed by atoms with E-state index >= 15 is 0 Å². The average Bonchev–Trinajstić information content (AvgIpc) is 3.25. The zero-order chi connectivity index (χ0) is 24.7. The topological polar surface area (TPSA) is 8.17 Å². The van der Waals surface area contributed by atoms with E-state index in [9.17, 15) is 0 Å². The molecule has 0 fully saturated rings. The maximum Gasteiger partial charge on any atom is 0.0496 e. The smallest absolute Gasteiger partial charge is 0.0496 e. The lowest BCUT2D eigenvalue weighted by molar-refractivity contribution is 0.423. The molecule has 2 nitrogen and oxygen atoms in total. The van der Waals surface area contributed by atoms with Crippen molar-refractivity contribution in [3.8, 4) is 11.1 Å². The lowest BCUT2D eigenvalue weighted by atomic mass is 10.0. The standard InChI is InChI=1S/C34H30N2/c1-34(2,3)36-32-20-11-10-19-30(32)31-24-26(21-22-33(31)36)25-13-12-18-29(23-25)35(27-14-6-4-7-15-27)28-16-8-5-9-17-28/h4-24H,1-3H3. The molecule has 0 saturated heterocycles. The number of fused-ring (bicyclic) bond motifs is 3. The highest BCUT2D eigenvalue weighted by Crippen LogP contribution is 2.39. The second-order valence-electron chi connectivity index (χ2n) is 10.3. The monoisotopic (exact) mass is 466 g/mol. The van der Waals surface area contributed by atoms with Gasteiger partial charge >= 0.3 is 0 Å². The van der Waals surface area contributed by atoms with Crippen LogP contribution in [0.2, 0.25) is 0 Å². The minimum absolute atomic E-state index is 0.00530. The van der Waals surface area contributed by atoms with E-state index in [1.54, 1.807) is 0 Å². The van der Waals surface area contributed by atoms with Gasteiger partial charge in [-0.2, -0.15) is 0 Å². The summed E-state index contributed by atoms with van der Waals surface area (Å²) in [4.78, 5) is 2.31. The average molecular weight is 467 g/mol. The van der Waals surface area contributed by atoms with Crippen molar-refractivity contribution < 1.29 is 0 Å². The van der Waals surface area contributed by atoms with Crippen LogP contribution in [0.1, 0.15) is 20.8 Å². The van der Waals surface area contributed by atoms with Crippen LogP contribution in [0.25, 0.3) is 32.9 Å². The van der Waals surface area contributed by atoms with E-state index in [1.165, 1.54) is 32.9 Å². The third-order valence-corrected chi connectivity index (χ3v) is 6.81. The van der Waals surface area contributed by atoms with Gasteiger partial charge in [0.1, 0.15) is 0 Å². The van der Waals surface area contributed by atoms with Gasteiger partial charge in [0.25, 0.3) is 0 Å². The third-order valence-electron chi connectivity index (χ3n) is 6.81. The van der Waals surface area contributed by atoms with Crippen LogP contribution in [0.4, 0.5) is 17.1 Å². The van der Waals surface area contributed by atoms with Crippen LogP contribution >= 0.6 is 0 Å². The molecule has 0 N–H and O–H groups in total. The summed E-state index contributed by atoms with van der Waals surface area (Å²) in [6, 6.07) is 45.6. The molecule has 0 spiro atoms. The van der Waals surface area contributed by atoms with Crippen molar-refractivity contribution in [1.82, 2.24) is 4.57 Å². The molecule has 5 aromatic carbocycles. The van der Waals surface area contributed by atoms with Crippen LogP contribution in [0.3, 0.4) is 0 Å². The number of aromatic nitrogens is 1. The van der Waals surface area contributed by atoms with Gasteiger partial charge in [-0.15, -0.1) is 0 Å². The van der Waals surface area contributed by atoms with Gasteiger partial charge in [-0.3, -0.25) is 0 Å². The lowest BCUT2D eigenvalue weighted by Crippen LogP contribution is -2.21. The molecule has 36 heavy (non-hydrogen) atoms. The van der Waals surface area contributed by atoms with Crippen LogP contribution in [-0.2, 0) is 5.54 Å². The largest absolute Gasteiger partial charge is 0.335 e. The molecule has 0 aliphatic carbocycles. The van der Waals surface area contributed by atoms with Gasteiger partial charge in [0.15, 0.2) is 0 Å². The fourth-order valence-corrected chi connectivity index (χ4v) is 5.30. The van der Waals surface area contributed by atoms with Crippen LogP contribution in [-0.4, -0.2) is 4.57 Å². The molecular formula is C34H30N2. The first-order valence-electron chi connectivity index (χ1n) is 12.5. The van der Waals surface area contributed by atoms with Gasteiger partial charge in [-0.25, -0.2) is 0 Å². The summed E-state index contributed by atoms with van der Waals surface area (Å²) in [6.07, 6.45) is 0. The molecule has 1 heterocycles. The summed E-state index contributed by atoms with van der Waals surface area (Å²) in [6.45, 7) is 6.83. The molecule has 0 aliphatic heterocycles. The number of hydrogen-bond acceptors (Lipinski definition) is 1. The Hall–Kier alpha value is -4.30. The van der Waals surface area contributed by atoms with Crippen molar-refractivity contribution in [1.29, 1.82) is 0 Å². The van der Waals surface area contributed by atoms with E-state index in [4.69, 9.17) is 0 Å². The van der Waals surface area contributed by atoms with Crippen LogP contribution in [0.5, 0.6) is 0 Å². The van der Waals surface area contributed by atoms with Gasteiger partial charge in [-0.05, 0) is 86.5 Å². The predicted molar refractivity (Wildman–Crippen MR) is 155 cm³/mol. The summed E-state index contributed by atoms with van der Waals surface area (Å²) in [5, 5.41) is 2.60. The maximum absolute atomic E-state index is 2.46. The fraction of sp³-hybridized carbons (Fsp3) is 0.118. The zero-order valence-corrected chi connectivity index (χ0v) is 21.0. The molecule has 2 heteroatoms. The fourth-order valence-electron chi connectivity index (χ4n) is 5.30. The summed E-state index contributed by atoms with van der Waals surface area (Å²) in [5.41, 5.74) is 8.41. The molecule has 0 amide bonds. The number of anilines is 3. The molecule has 1 aromatic heterocycles. The molecule has 0 bridgehead atoms. The Morgan fingerprint density at radius 3 is 1.69 bits per heavy atom. The van der Waals surface area contributed by atoms with Crippen LogP contribution in [0, 0.1) is 0 Å². The molecule has 0 radical (unpaired) electrons. The SMILES string of the molecule is CC(C)(C)n1c2ccccc2c2cc(-c3cccc(N(c4ccccc4)c4ccccc4)c3)ccc21. The molecular weight excluding hydrogens is 436 g/mol. The molecule has 176 valence electrons. The number of benzene rings is 5. The van der Waals surface area contributed by atoms with Gasteiger partial charge < -0.3 is 9.47 Å². The quantitative estimate of drug-likeness (QED) is 0.251. The molecule has 6 rings (SSSR count). The Labute approximate surface area is 213 Å². The lowest BCUT2D eigenvalue weighted by Gasteiger charge is -2.26. The second-order valence-corrected chi connectivity index (χ2v) is 10.3. The van der Waals surface area contributed by atoms with E-state index in [1.807, 2.05) is 0 Å². The van der Waals surface area contributed by atoms with E-state index in [2.05, 4.69) is 158 Å².